The number of carbonyl (C=O) groups excluding carboxylic acids is 1. The average Bonchev–Trinajstić information content (AvgIpc) is 3.08. The van der Waals surface area contributed by atoms with Gasteiger partial charge in [-0.15, -0.1) is 11.3 Å². The highest BCUT2D eigenvalue weighted by atomic mass is 32.1. The largest absolute Gasteiger partial charge is 0.396 e. The van der Waals surface area contributed by atoms with Crippen molar-refractivity contribution in [1.82, 2.24) is 9.88 Å². The number of pyridine rings is 1. The van der Waals surface area contributed by atoms with Crippen molar-refractivity contribution in [3.05, 3.63) is 52.0 Å². The summed E-state index contributed by atoms with van der Waals surface area (Å²) in [5.41, 5.74) is 1.53. The Bertz CT molecular complexity index is 598. The molecule has 0 bridgehead atoms. The summed E-state index contributed by atoms with van der Waals surface area (Å²) in [5, 5.41) is 11.6. The minimum atomic E-state index is 0.0257. The van der Waals surface area contributed by atoms with Gasteiger partial charge < -0.3 is 10.0 Å². The van der Waals surface area contributed by atoms with Crippen LogP contribution in [0.2, 0.25) is 0 Å². The smallest absolute Gasteiger partial charge is 0.256 e. The standard InChI is InChI=1S/C15H16N2O2S/c18-10-11(7-12-3-2-6-20-12)8-17-9-14-13(15(17)19)4-1-5-16-14/h1-6,11,18H,7-10H2/t11-/m1/s1. The van der Waals surface area contributed by atoms with Crippen LogP contribution in [-0.2, 0) is 13.0 Å². The maximum absolute atomic E-state index is 12.3. The number of nitrogens with zero attached hydrogens (tertiary/aromatic N) is 2. The normalized spacial score (nSPS) is 15.4. The number of hydrogen-bond donors (Lipinski definition) is 1. The van der Waals surface area contributed by atoms with Crippen molar-refractivity contribution in [2.75, 3.05) is 13.2 Å². The zero-order valence-electron chi connectivity index (χ0n) is 11.0. The van der Waals surface area contributed by atoms with E-state index < -0.39 is 0 Å². The summed E-state index contributed by atoms with van der Waals surface area (Å²) in [6, 6.07) is 7.68. The number of rotatable bonds is 5. The molecule has 0 saturated carbocycles. The first-order chi connectivity index (χ1) is 9.78. The van der Waals surface area contributed by atoms with Crippen LogP contribution in [0.25, 0.3) is 0 Å². The molecule has 0 fully saturated rings. The van der Waals surface area contributed by atoms with Gasteiger partial charge in [0.15, 0.2) is 0 Å². The van der Waals surface area contributed by atoms with Crippen molar-refractivity contribution in [1.29, 1.82) is 0 Å². The predicted molar refractivity (Wildman–Crippen MR) is 77.6 cm³/mol. The monoisotopic (exact) mass is 288 g/mol. The van der Waals surface area contributed by atoms with E-state index in [1.807, 2.05) is 17.5 Å². The molecule has 2 aromatic rings. The molecule has 3 rings (SSSR count). The predicted octanol–water partition coefficient (Wildman–Crippen LogP) is 1.95. The van der Waals surface area contributed by atoms with Gasteiger partial charge >= 0.3 is 0 Å². The Morgan fingerprint density at radius 2 is 2.30 bits per heavy atom. The molecule has 1 N–H and O–H groups in total. The van der Waals surface area contributed by atoms with Crippen molar-refractivity contribution in [2.45, 2.75) is 13.0 Å². The van der Waals surface area contributed by atoms with Crippen LogP contribution < -0.4 is 0 Å². The van der Waals surface area contributed by atoms with Crippen LogP contribution in [0.1, 0.15) is 20.9 Å². The number of carbonyl (C=O) groups is 1. The minimum absolute atomic E-state index is 0.0257. The molecule has 0 aromatic carbocycles. The first-order valence-corrected chi connectivity index (χ1v) is 7.52. The van der Waals surface area contributed by atoms with E-state index in [2.05, 4.69) is 11.1 Å². The summed E-state index contributed by atoms with van der Waals surface area (Å²) in [7, 11) is 0. The molecule has 0 spiro atoms. The van der Waals surface area contributed by atoms with E-state index >= 15 is 0 Å². The number of amides is 1. The maximum Gasteiger partial charge on any atom is 0.256 e. The number of thiophene rings is 1. The highest BCUT2D eigenvalue weighted by Crippen LogP contribution is 2.23. The van der Waals surface area contributed by atoms with E-state index in [4.69, 9.17) is 0 Å². The zero-order valence-corrected chi connectivity index (χ0v) is 11.8. The minimum Gasteiger partial charge on any atom is -0.396 e. The summed E-state index contributed by atoms with van der Waals surface area (Å²) in [6.07, 6.45) is 2.52. The summed E-state index contributed by atoms with van der Waals surface area (Å²) in [5.74, 6) is 0.102. The molecule has 1 amide bonds. The highest BCUT2D eigenvalue weighted by molar-refractivity contribution is 7.09. The second kappa shape index (κ2) is 5.73. The quantitative estimate of drug-likeness (QED) is 0.915. The fraction of sp³-hybridized carbons (Fsp3) is 0.333. The number of hydrogen-bond acceptors (Lipinski definition) is 4. The van der Waals surface area contributed by atoms with Crippen LogP contribution in [0.3, 0.4) is 0 Å². The van der Waals surface area contributed by atoms with E-state index in [1.54, 1.807) is 28.5 Å². The fourth-order valence-corrected chi connectivity index (χ4v) is 3.36. The molecule has 0 unspecified atom stereocenters. The third-order valence-electron chi connectivity index (χ3n) is 3.56. The summed E-state index contributed by atoms with van der Waals surface area (Å²) in [6.45, 7) is 1.21. The topological polar surface area (TPSA) is 53.4 Å². The van der Waals surface area contributed by atoms with Gasteiger partial charge in [0.05, 0.1) is 17.8 Å². The maximum atomic E-state index is 12.3. The molecule has 0 saturated heterocycles. The third-order valence-corrected chi connectivity index (χ3v) is 4.45. The Labute approximate surface area is 121 Å². The second-order valence-corrected chi connectivity index (χ2v) is 6.05. The number of fused-ring (bicyclic) bond motifs is 1. The molecule has 5 heteroatoms. The Morgan fingerprint density at radius 1 is 1.40 bits per heavy atom. The first kappa shape index (κ1) is 13.3. The molecule has 0 radical (unpaired) electrons. The van der Waals surface area contributed by atoms with Gasteiger partial charge in [-0.2, -0.15) is 0 Å². The van der Waals surface area contributed by atoms with E-state index in [1.165, 1.54) is 4.88 Å². The Balaban J connectivity index is 1.67. The molecule has 20 heavy (non-hydrogen) atoms. The molecular formula is C15H16N2O2S. The van der Waals surface area contributed by atoms with Crippen molar-refractivity contribution in [3.63, 3.8) is 0 Å². The molecule has 1 aliphatic rings. The van der Waals surface area contributed by atoms with E-state index in [9.17, 15) is 9.90 Å². The van der Waals surface area contributed by atoms with E-state index in [0.29, 0.717) is 18.7 Å². The van der Waals surface area contributed by atoms with Gasteiger partial charge in [0.25, 0.3) is 5.91 Å². The lowest BCUT2D eigenvalue weighted by Gasteiger charge is -2.21. The van der Waals surface area contributed by atoms with Gasteiger partial charge in [-0.25, -0.2) is 0 Å². The van der Waals surface area contributed by atoms with Crippen LogP contribution in [0.15, 0.2) is 35.8 Å². The lowest BCUT2D eigenvalue weighted by atomic mass is 10.1. The molecule has 2 aromatic heterocycles. The van der Waals surface area contributed by atoms with E-state index in [-0.39, 0.29) is 18.4 Å². The Hall–Kier alpha value is -1.72. The average molecular weight is 288 g/mol. The van der Waals surface area contributed by atoms with Gasteiger partial charge in [0.1, 0.15) is 0 Å². The summed E-state index contributed by atoms with van der Waals surface area (Å²) < 4.78 is 0. The molecule has 1 aliphatic heterocycles. The number of aromatic nitrogens is 1. The van der Waals surface area contributed by atoms with Crippen molar-refractivity contribution in [2.24, 2.45) is 5.92 Å². The van der Waals surface area contributed by atoms with Gasteiger partial charge in [0.2, 0.25) is 0 Å². The van der Waals surface area contributed by atoms with Crippen molar-refractivity contribution >= 4 is 17.2 Å². The van der Waals surface area contributed by atoms with Gasteiger partial charge in [-0.05, 0) is 30.0 Å². The molecule has 0 aliphatic carbocycles. The van der Waals surface area contributed by atoms with Crippen LogP contribution >= 0.6 is 11.3 Å². The summed E-state index contributed by atoms with van der Waals surface area (Å²) in [4.78, 5) is 19.5. The molecule has 1 atom stereocenters. The Morgan fingerprint density at radius 3 is 3.00 bits per heavy atom. The van der Waals surface area contributed by atoms with Crippen LogP contribution in [0.4, 0.5) is 0 Å². The van der Waals surface area contributed by atoms with Crippen LogP contribution in [0.5, 0.6) is 0 Å². The zero-order chi connectivity index (χ0) is 13.9. The second-order valence-electron chi connectivity index (χ2n) is 5.02. The fourth-order valence-electron chi connectivity index (χ4n) is 2.54. The molecular weight excluding hydrogens is 272 g/mol. The molecule has 104 valence electrons. The summed E-state index contributed by atoms with van der Waals surface area (Å²) >= 11 is 1.69. The van der Waals surface area contributed by atoms with Crippen LogP contribution in [-0.4, -0.2) is 34.0 Å². The van der Waals surface area contributed by atoms with Crippen molar-refractivity contribution in [3.8, 4) is 0 Å². The van der Waals surface area contributed by atoms with E-state index in [0.717, 1.165) is 12.1 Å². The van der Waals surface area contributed by atoms with Gasteiger partial charge in [-0.3, -0.25) is 9.78 Å². The Kier molecular flexibility index (Phi) is 3.80. The number of aliphatic hydroxyl groups is 1. The SMILES string of the molecule is O=C1c2cccnc2CN1C[C@H](CO)Cc1cccs1. The van der Waals surface area contributed by atoms with Gasteiger partial charge in [-0.1, -0.05) is 6.07 Å². The first-order valence-electron chi connectivity index (χ1n) is 6.64. The third kappa shape index (κ3) is 2.59. The molecule has 3 heterocycles. The highest BCUT2D eigenvalue weighted by Gasteiger charge is 2.29. The van der Waals surface area contributed by atoms with Gasteiger partial charge in [0, 0.05) is 30.1 Å². The lowest BCUT2D eigenvalue weighted by Crippen LogP contribution is -2.32. The van der Waals surface area contributed by atoms with Crippen molar-refractivity contribution < 1.29 is 9.90 Å². The lowest BCUT2D eigenvalue weighted by molar-refractivity contribution is 0.0724. The number of aliphatic hydroxyl groups excluding tert-OH is 1. The van der Waals surface area contributed by atoms with Crippen LogP contribution in [0, 0.1) is 5.92 Å². The molecule has 4 nitrogen and oxygen atoms in total.